The number of para-hydroxylation sites is 1. The van der Waals surface area contributed by atoms with E-state index in [0.29, 0.717) is 24.1 Å². The van der Waals surface area contributed by atoms with Gasteiger partial charge in [0.1, 0.15) is 18.9 Å². The molecule has 6 nitrogen and oxygen atoms in total. The third-order valence-corrected chi connectivity index (χ3v) is 3.77. The van der Waals surface area contributed by atoms with Gasteiger partial charge in [-0.15, -0.1) is 0 Å². The van der Waals surface area contributed by atoms with Gasteiger partial charge in [0.15, 0.2) is 0 Å². The molecular formula is C19H19N3O3. The Morgan fingerprint density at radius 3 is 2.72 bits per heavy atom. The van der Waals surface area contributed by atoms with Gasteiger partial charge in [-0.1, -0.05) is 29.8 Å². The first-order valence-corrected chi connectivity index (χ1v) is 8.04. The second-order valence-corrected chi connectivity index (χ2v) is 5.70. The molecule has 1 amide bonds. The van der Waals surface area contributed by atoms with E-state index in [1.165, 1.54) is 16.4 Å². The first kappa shape index (κ1) is 16.7. The molecular weight excluding hydrogens is 318 g/mol. The van der Waals surface area contributed by atoms with Gasteiger partial charge in [-0.2, -0.15) is 5.10 Å². The number of aryl methyl sites for hydroxylation is 1. The Balaban J connectivity index is 1.54. The van der Waals surface area contributed by atoms with Crippen molar-refractivity contribution in [3.8, 4) is 5.75 Å². The van der Waals surface area contributed by atoms with Crippen LogP contribution in [0.2, 0.25) is 0 Å². The highest BCUT2D eigenvalue weighted by Crippen LogP contribution is 2.11. The maximum atomic E-state index is 12.1. The highest BCUT2D eigenvalue weighted by atomic mass is 16.5. The number of ether oxygens (including phenoxy) is 1. The molecule has 2 aromatic carbocycles. The van der Waals surface area contributed by atoms with Gasteiger partial charge in [0.05, 0.1) is 18.3 Å². The average Bonchev–Trinajstić information content (AvgIpc) is 2.63. The van der Waals surface area contributed by atoms with Gasteiger partial charge in [-0.25, -0.2) is 0 Å². The van der Waals surface area contributed by atoms with E-state index in [1.54, 1.807) is 18.2 Å². The van der Waals surface area contributed by atoms with Crippen molar-refractivity contribution in [3.63, 3.8) is 0 Å². The first-order chi connectivity index (χ1) is 12.1. The minimum Gasteiger partial charge on any atom is -0.492 e. The van der Waals surface area contributed by atoms with E-state index in [1.807, 2.05) is 37.3 Å². The zero-order chi connectivity index (χ0) is 17.6. The molecule has 0 unspecified atom stereocenters. The lowest BCUT2D eigenvalue weighted by atomic mass is 10.2. The summed E-state index contributed by atoms with van der Waals surface area (Å²) < 4.78 is 7.09. The van der Waals surface area contributed by atoms with Crippen LogP contribution in [0.25, 0.3) is 10.9 Å². The number of hydrogen-bond donors (Lipinski definition) is 1. The fourth-order valence-corrected chi connectivity index (χ4v) is 2.47. The number of aromatic nitrogens is 2. The summed E-state index contributed by atoms with van der Waals surface area (Å²) >= 11 is 0. The van der Waals surface area contributed by atoms with E-state index in [0.717, 1.165) is 5.75 Å². The number of nitrogens with one attached hydrogen (secondary N) is 1. The molecule has 0 saturated heterocycles. The molecule has 1 aromatic heterocycles. The van der Waals surface area contributed by atoms with Gasteiger partial charge >= 0.3 is 0 Å². The number of amides is 1. The molecule has 1 heterocycles. The van der Waals surface area contributed by atoms with Crippen LogP contribution in [0.1, 0.15) is 5.56 Å². The molecule has 3 rings (SSSR count). The fourth-order valence-electron chi connectivity index (χ4n) is 2.47. The molecule has 0 aliphatic rings. The largest absolute Gasteiger partial charge is 0.492 e. The van der Waals surface area contributed by atoms with Crippen LogP contribution in [0.3, 0.4) is 0 Å². The first-order valence-electron chi connectivity index (χ1n) is 8.04. The van der Waals surface area contributed by atoms with Gasteiger partial charge in [-0.3, -0.25) is 14.3 Å². The van der Waals surface area contributed by atoms with E-state index < -0.39 is 0 Å². The van der Waals surface area contributed by atoms with Gasteiger partial charge in [0.25, 0.3) is 0 Å². The van der Waals surface area contributed by atoms with Crippen LogP contribution in [0.5, 0.6) is 5.75 Å². The van der Waals surface area contributed by atoms with E-state index >= 15 is 0 Å². The lowest BCUT2D eigenvalue weighted by molar-refractivity contribution is -0.121. The number of fused-ring (bicyclic) bond motifs is 1. The van der Waals surface area contributed by atoms with Crippen molar-refractivity contribution >= 4 is 16.8 Å². The number of benzene rings is 2. The normalized spacial score (nSPS) is 10.6. The molecule has 0 saturated carbocycles. The predicted octanol–water partition coefficient (Wildman–Crippen LogP) is 1.90. The quantitative estimate of drug-likeness (QED) is 0.697. The summed E-state index contributed by atoms with van der Waals surface area (Å²) in [6.07, 6.45) is 1.23. The number of carbonyl (C=O) groups excluding carboxylic acids is 1. The van der Waals surface area contributed by atoms with Gasteiger partial charge < -0.3 is 10.1 Å². The minimum atomic E-state index is -0.186. The van der Waals surface area contributed by atoms with E-state index in [-0.39, 0.29) is 17.9 Å². The zero-order valence-electron chi connectivity index (χ0n) is 13.9. The number of hydrogen-bond acceptors (Lipinski definition) is 4. The molecule has 6 heteroatoms. The number of carbonyl (C=O) groups is 1. The van der Waals surface area contributed by atoms with Crippen molar-refractivity contribution in [1.82, 2.24) is 15.1 Å². The number of rotatable bonds is 6. The minimum absolute atomic E-state index is 0.0469. The molecule has 0 bridgehead atoms. The van der Waals surface area contributed by atoms with Crippen molar-refractivity contribution in [2.75, 3.05) is 13.2 Å². The topological polar surface area (TPSA) is 73.2 Å². The van der Waals surface area contributed by atoms with Crippen molar-refractivity contribution in [1.29, 1.82) is 0 Å². The van der Waals surface area contributed by atoms with Crippen LogP contribution in [0.4, 0.5) is 0 Å². The number of nitrogens with zero attached hydrogens (tertiary/aromatic N) is 2. The van der Waals surface area contributed by atoms with Crippen LogP contribution < -0.4 is 15.5 Å². The lowest BCUT2D eigenvalue weighted by Crippen LogP contribution is -2.32. The lowest BCUT2D eigenvalue weighted by Gasteiger charge is -2.10. The second kappa shape index (κ2) is 7.61. The van der Waals surface area contributed by atoms with Crippen molar-refractivity contribution in [2.45, 2.75) is 13.5 Å². The molecule has 0 atom stereocenters. The van der Waals surface area contributed by atoms with Gasteiger partial charge in [0.2, 0.25) is 11.3 Å². The molecule has 0 aliphatic carbocycles. The van der Waals surface area contributed by atoms with Crippen molar-refractivity contribution in [3.05, 3.63) is 70.5 Å². The maximum Gasteiger partial charge on any atom is 0.241 e. The van der Waals surface area contributed by atoms with Crippen LogP contribution in [-0.4, -0.2) is 28.8 Å². The Morgan fingerprint density at radius 1 is 1.16 bits per heavy atom. The Morgan fingerprint density at radius 2 is 1.92 bits per heavy atom. The molecule has 0 radical (unpaired) electrons. The fraction of sp³-hybridized carbons (Fsp3) is 0.211. The summed E-state index contributed by atoms with van der Waals surface area (Å²) in [7, 11) is 0. The van der Waals surface area contributed by atoms with Crippen LogP contribution in [0.15, 0.2) is 59.5 Å². The Kier molecular flexibility index (Phi) is 5.09. The van der Waals surface area contributed by atoms with E-state index in [2.05, 4.69) is 10.4 Å². The Hall–Kier alpha value is -3.15. The smallest absolute Gasteiger partial charge is 0.241 e. The third kappa shape index (κ3) is 4.23. The van der Waals surface area contributed by atoms with Crippen LogP contribution in [-0.2, 0) is 11.3 Å². The van der Waals surface area contributed by atoms with Crippen molar-refractivity contribution < 1.29 is 9.53 Å². The zero-order valence-corrected chi connectivity index (χ0v) is 13.9. The molecule has 0 aliphatic heterocycles. The van der Waals surface area contributed by atoms with Gasteiger partial charge in [-0.05, 0) is 31.2 Å². The third-order valence-electron chi connectivity index (χ3n) is 3.77. The molecule has 3 aromatic rings. The SMILES string of the molecule is Cc1ccc(OCCNC(=O)Cn2ncc(=O)c3ccccc32)cc1. The Bertz CT molecular complexity index is 933. The monoisotopic (exact) mass is 337 g/mol. The average molecular weight is 337 g/mol. The Labute approximate surface area is 145 Å². The van der Waals surface area contributed by atoms with E-state index in [4.69, 9.17) is 4.74 Å². The van der Waals surface area contributed by atoms with Gasteiger partial charge in [0, 0.05) is 5.39 Å². The van der Waals surface area contributed by atoms with Crippen LogP contribution in [0, 0.1) is 6.92 Å². The molecule has 0 spiro atoms. The standard InChI is InChI=1S/C19H19N3O3/c1-14-6-8-15(9-7-14)25-11-10-20-19(24)13-22-17-5-3-2-4-16(17)18(23)12-21-22/h2-9,12H,10-11,13H2,1H3,(H,20,24). The summed E-state index contributed by atoms with van der Waals surface area (Å²) in [5.41, 5.74) is 1.65. The predicted molar refractivity (Wildman–Crippen MR) is 95.7 cm³/mol. The molecule has 1 N–H and O–H groups in total. The maximum absolute atomic E-state index is 12.1. The van der Waals surface area contributed by atoms with E-state index in [9.17, 15) is 9.59 Å². The van der Waals surface area contributed by atoms with Crippen molar-refractivity contribution in [2.24, 2.45) is 0 Å². The highest BCUT2D eigenvalue weighted by molar-refractivity contribution is 5.81. The molecule has 128 valence electrons. The summed E-state index contributed by atoms with van der Waals surface area (Å²) in [6.45, 7) is 2.84. The molecule has 0 fully saturated rings. The summed E-state index contributed by atoms with van der Waals surface area (Å²) in [6, 6.07) is 14.8. The summed E-state index contributed by atoms with van der Waals surface area (Å²) in [5.74, 6) is 0.585. The second-order valence-electron chi connectivity index (χ2n) is 5.70. The summed E-state index contributed by atoms with van der Waals surface area (Å²) in [5, 5.41) is 7.38. The van der Waals surface area contributed by atoms with Crippen LogP contribution >= 0.6 is 0 Å². The molecule has 25 heavy (non-hydrogen) atoms. The highest BCUT2D eigenvalue weighted by Gasteiger charge is 2.07. The summed E-state index contributed by atoms with van der Waals surface area (Å²) in [4.78, 5) is 23.9.